The molecule has 1 heterocycles. The predicted octanol–water partition coefficient (Wildman–Crippen LogP) is 3.94. The maximum absolute atomic E-state index is 12.4. The van der Waals surface area contributed by atoms with Gasteiger partial charge in [-0.3, -0.25) is 9.59 Å². The number of carbonyl (C=O) groups excluding carboxylic acids is 2. The quantitative estimate of drug-likeness (QED) is 0.742. The Hall–Kier alpha value is -1.63. The zero-order valence-electron chi connectivity index (χ0n) is 13.9. The van der Waals surface area contributed by atoms with Gasteiger partial charge in [0.1, 0.15) is 5.75 Å². The van der Waals surface area contributed by atoms with Crippen LogP contribution in [0, 0.1) is 13.8 Å². The van der Waals surface area contributed by atoms with Crippen LogP contribution in [0.1, 0.15) is 44.6 Å². The number of ketones is 2. The summed E-state index contributed by atoms with van der Waals surface area (Å²) in [5, 5.41) is 0.462. The third kappa shape index (κ3) is 4.32. The fourth-order valence-corrected chi connectivity index (χ4v) is 4.86. The van der Waals surface area contributed by atoms with E-state index in [0.29, 0.717) is 16.8 Å². The number of hydrogen-bond acceptors (Lipinski definition) is 4. The first-order chi connectivity index (χ1) is 11.5. The molecule has 0 saturated carbocycles. The van der Waals surface area contributed by atoms with E-state index in [9.17, 15) is 18.0 Å². The van der Waals surface area contributed by atoms with Crippen LogP contribution in [0.5, 0.6) is 0 Å². The molecule has 0 bridgehead atoms. The molecule has 1 N–H and O–H groups in total. The summed E-state index contributed by atoms with van der Waals surface area (Å²) in [6.45, 7) is 4.68. The van der Waals surface area contributed by atoms with E-state index in [1.54, 1.807) is 19.9 Å². The van der Waals surface area contributed by atoms with Gasteiger partial charge in [-0.15, -0.1) is 0 Å². The summed E-state index contributed by atoms with van der Waals surface area (Å²) in [6.07, 6.45) is 0. The topological polar surface area (TPSA) is 84.1 Å². The molecule has 0 aliphatic carbocycles. The van der Waals surface area contributed by atoms with Crippen molar-refractivity contribution in [2.45, 2.75) is 26.5 Å². The first-order valence-electron chi connectivity index (χ1n) is 7.40. The minimum absolute atomic E-state index is 0.136. The van der Waals surface area contributed by atoms with E-state index in [2.05, 4.69) is 4.98 Å². The Kier molecular flexibility index (Phi) is 5.76. The van der Waals surface area contributed by atoms with Gasteiger partial charge in [-0.2, -0.15) is 0 Å². The van der Waals surface area contributed by atoms with Gasteiger partial charge in [-0.05, 0) is 38.5 Å². The van der Waals surface area contributed by atoms with Crippen LogP contribution in [-0.2, 0) is 15.6 Å². The van der Waals surface area contributed by atoms with E-state index < -0.39 is 27.1 Å². The third-order valence-electron chi connectivity index (χ3n) is 3.85. The molecule has 2 rings (SSSR count). The van der Waals surface area contributed by atoms with Crippen LogP contribution in [0.25, 0.3) is 0 Å². The molecule has 0 atom stereocenters. The van der Waals surface area contributed by atoms with Crippen molar-refractivity contribution in [2.24, 2.45) is 0 Å². The van der Waals surface area contributed by atoms with Crippen LogP contribution in [0.4, 0.5) is 0 Å². The zero-order chi connectivity index (χ0) is 18.9. The van der Waals surface area contributed by atoms with Crippen molar-refractivity contribution >= 4 is 44.6 Å². The molecule has 134 valence electrons. The van der Waals surface area contributed by atoms with Gasteiger partial charge in [0.15, 0.2) is 21.4 Å². The zero-order valence-corrected chi connectivity index (χ0v) is 16.3. The molecule has 1 aromatic carbocycles. The average molecular weight is 402 g/mol. The molecule has 0 spiro atoms. The van der Waals surface area contributed by atoms with E-state index in [1.807, 2.05) is 0 Å². The van der Waals surface area contributed by atoms with Gasteiger partial charge in [-0.1, -0.05) is 29.3 Å². The van der Waals surface area contributed by atoms with Gasteiger partial charge in [-0.25, -0.2) is 8.42 Å². The number of sulfone groups is 1. The van der Waals surface area contributed by atoms with E-state index in [-0.39, 0.29) is 27.1 Å². The Balaban J connectivity index is 2.28. The molecule has 0 aliphatic heterocycles. The summed E-state index contributed by atoms with van der Waals surface area (Å²) in [7, 11) is -3.79. The smallest absolute Gasteiger partial charge is 0.194 e. The maximum atomic E-state index is 12.4. The van der Waals surface area contributed by atoms with Gasteiger partial charge in [0, 0.05) is 26.9 Å². The van der Waals surface area contributed by atoms with Crippen LogP contribution < -0.4 is 0 Å². The lowest BCUT2D eigenvalue weighted by Gasteiger charge is -2.08. The highest BCUT2D eigenvalue weighted by Crippen LogP contribution is 2.27. The molecule has 5 nitrogen and oxygen atoms in total. The second kappa shape index (κ2) is 7.32. The number of aromatic nitrogens is 1. The molecule has 0 fully saturated rings. The number of Topliss-reactive ketones (excluding diaryl/α,β-unsaturated/α-hetero) is 2. The lowest BCUT2D eigenvalue weighted by Crippen LogP contribution is -2.19. The number of H-pyrrole nitrogens is 1. The van der Waals surface area contributed by atoms with E-state index in [1.165, 1.54) is 19.1 Å². The van der Waals surface area contributed by atoms with Crippen LogP contribution in [0.15, 0.2) is 18.2 Å². The van der Waals surface area contributed by atoms with E-state index >= 15 is 0 Å². The fourth-order valence-electron chi connectivity index (χ4n) is 2.77. The third-order valence-corrected chi connectivity index (χ3v) is 5.98. The van der Waals surface area contributed by atoms with Crippen molar-refractivity contribution in [3.8, 4) is 0 Å². The molecule has 0 unspecified atom stereocenters. The average Bonchev–Trinajstić information content (AvgIpc) is 2.77. The number of rotatable bonds is 6. The molecule has 0 aliphatic rings. The van der Waals surface area contributed by atoms with Crippen molar-refractivity contribution < 1.29 is 18.0 Å². The van der Waals surface area contributed by atoms with Crippen LogP contribution in [0.3, 0.4) is 0 Å². The van der Waals surface area contributed by atoms with Crippen LogP contribution in [-0.4, -0.2) is 30.7 Å². The Morgan fingerprint density at radius 1 is 1.12 bits per heavy atom. The lowest BCUT2D eigenvalue weighted by atomic mass is 10.1. The first kappa shape index (κ1) is 19.7. The highest BCUT2D eigenvalue weighted by molar-refractivity contribution is 7.91. The Bertz CT molecular complexity index is 941. The van der Waals surface area contributed by atoms with Gasteiger partial charge in [0.25, 0.3) is 0 Å². The molecule has 25 heavy (non-hydrogen) atoms. The Morgan fingerprint density at radius 2 is 1.68 bits per heavy atom. The second-order valence-electron chi connectivity index (χ2n) is 5.84. The van der Waals surface area contributed by atoms with Gasteiger partial charge in [0.2, 0.25) is 0 Å². The minimum Gasteiger partial charge on any atom is -0.355 e. The number of halogens is 2. The largest absolute Gasteiger partial charge is 0.355 e. The minimum atomic E-state index is -3.79. The number of aryl methyl sites for hydroxylation is 1. The van der Waals surface area contributed by atoms with Gasteiger partial charge in [0.05, 0.1) is 11.4 Å². The molecule has 8 heteroatoms. The molecule has 2 aromatic rings. The number of carbonyl (C=O) groups is 2. The Labute approximate surface area is 156 Å². The van der Waals surface area contributed by atoms with E-state index in [0.717, 1.165) is 0 Å². The summed E-state index contributed by atoms with van der Waals surface area (Å²) >= 11 is 12.0. The summed E-state index contributed by atoms with van der Waals surface area (Å²) in [4.78, 5) is 26.9. The van der Waals surface area contributed by atoms with E-state index in [4.69, 9.17) is 23.2 Å². The maximum Gasteiger partial charge on any atom is 0.194 e. The predicted molar refractivity (Wildman–Crippen MR) is 98.6 cm³/mol. The summed E-state index contributed by atoms with van der Waals surface area (Å²) in [5.74, 6) is -1.92. The fraction of sp³-hybridized carbons (Fsp3) is 0.294. The SMILES string of the molecule is CC(=O)c1c(C)[nH]c(C(=O)CS(=O)(=O)Cc2c(Cl)cccc2Cl)c1C. The number of nitrogens with one attached hydrogen (secondary N) is 1. The first-order valence-corrected chi connectivity index (χ1v) is 9.98. The second-order valence-corrected chi connectivity index (χ2v) is 8.72. The van der Waals surface area contributed by atoms with Gasteiger partial charge < -0.3 is 4.98 Å². The summed E-state index contributed by atoms with van der Waals surface area (Å²) in [5.41, 5.74) is 1.81. The van der Waals surface area contributed by atoms with Crippen molar-refractivity contribution in [1.29, 1.82) is 0 Å². The summed E-state index contributed by atoms with van der Waals surface area (Å²) < 4.78 is 24.8. The standard InChI is InChI=1S/C17H17Cl2NO4S/c1-9-16(11(3)21)10(2)20-17(9)15(22)8-25(23,24)7-12-13(18)5-4-6-14(12)19/h4-6,20H,7-8H2,1-3H3. The lowest BCUT2D eigenvalue weighted by molar-refractivity contribution is 0.101. The number of benzene rings is 1. The Morgan fingerprint density at radius 3 is 2.16 bits per heavy atom. The molecule has 0 amide bonds. The highest BCUT2D eigenvalue weighted by atomic mass is 35.5. The molecule has 1 aromatic heterocycles. The van der Waals surface area contributed by atoms with Crippen molar-refractivity contribution in [3.63, 3.8) is 0 Å². The van der Waals surface area contributed by atoms with Crippen molar-refractivity contribution in [3.05, 3.63) is 56.3 Å². The normalized spacial score (nSPS) is 11.6. The number of hydrogen-bond donors (Lipinski definition) is 1. The molecule has 0 saturated heterocycles. The molecular weight excluding hydrogens is 385 g/mol. The highest BCUT2D eigenvalue weighted by Gasteiger charge is 2.25. The summed E-state index contributed by atoms with van der Waals surface area (Å²) in [6, 6.07) is 4.69. The molecule has 0 radical (unpaired) electrons. The van der Waals surface area contributed by atoms with Gasteiger partial charge >= 0.3 is 0 Å². The van der Waals surface area contributed by atoms with Crippen LogP contribution >= 0.6 is 23.2 Å². The molecular formula is C17H17Cl2NO4S. The number of aromatic amines is 1. The van der Waals surface area contributed by atoms with Crippen molar-refractivity contribution in [1.82, 2.24) is 4.98 Å². The van der Waals surface area contributed by atoms with Crippen LogP contribution in [0.2, 0.25) is 10.0 Å². The van der Waals surface area contributed by atoms with Crippen molar-refractivity contribution in [2.75, 3.05) is 5.75 Å². The monoisotopic (exact) mass is 401 g/mol.